The molecule has 0 saturated carbocycles. The van der Waals surface area contributed by atoms with E-state index in [1.807, 2.05) is 97.0 Å². The maximum atomic E-state index is 15.0. The smallest absolute Gasteiger partial charge is 0.127 e. The molecule has 1 atom stereocenters. The predicted molar refractivity (Wildman–Crippen MR) is 176 cm³/mol. The Labute approximate surface area is 252 Å². The van der Waals surface area contributed by atoms with Gasteiger partial charge in [0.25, 0.3) is 0 Å². The Morgan fingerprint density at radius 1 is 0.833 bits per heavy atom. The van der Waals surface area contributed by atoms with Crippen LogP contribution in [0.1, 0.15) is 72.6 Å². The van der Waals surface area contributed by atoms with Crippen LogP contribution in [-0.2, 0) is 6.54 Å². The van der Waals surface area contributed by atoms with E-state index in [0.29, 0.717) is 17.9 Å². The minimum atomic E-state index is -0.473. The van der Waals surface area contributed by atoms with E-state index >= 15 is 0 Å². The van der Waals surface area contributed by atoms with Gasteiger partial charge < -0.3 is 10.1 Å². The van der Waals surface area contributed by atoms with Crippen molar-refractivity contribution in [1.82, 2.24) is 4.98 Å². The first-order chi connectivity index (χ1) is 20.2. The topological polar surface area (TPSA) is 34.1 Å². The van der Waals surface area contributed by atoms with Gasteiger partial charge in [0.15, 0.2) is 0 Å². The average Bonchev–Trinajstić information content (AvgIpc) is 2.98. The number of methoxy groups -OCH3 is 1. The summed E-state index contributed by atoms with van der Waals surface area (Å²) in [7, 11) is 1.66. The summed E-state index contributed by atoms with van der Waals surface area (Å²) in [5.74, 6) is 0.114. The van der Waals surface area contributed by atoms with Crippen molar-refractivity contribution in [3.8, 4) is 5.75 Å². The van der Waals surface area contributed by atoms with Gasteiger partial charge in [0.1, 0.15) is 23.2 Å². The zero-order valence-electron chi connectivity index (χ0n) is 26.4. The van der Waals surface area contributed by atoms with Crippen molar-refractivity contribution in [1.29, 1.82) is 0 Å². The number of hydrogen-bond acceptors (Lipinski definition) is 3. The molecular formula is C37H46F2N2O. The number of aromatic nitrogens is 1. The molecule has 3 aromatic carbocycles. The first-order valence-electron chi connectivity index (χ1n) is 14.2. The largest absolute Gasteiger partial charge is 0.496 e. The lowest BCUT2D eigenvalue weighted by Gasteiger charge is -2.22. The van der Waals surface area contributed by atoms with Crippen LogP contribution in [0.2, 0.25) is 0 Å². The van der Waals surface area contributed by atoms with E-state index in [4.69, 9.17) is 4.74 Å². The van der Waals surface area contributed by atoms with E-state index in [9.17, 15) is 8.78 Å². The summed E-state index contributed by atoms with van der Waals surface area (Å²) in [6.45, 7) is 21.0. The van der Waals surface area contributed by atoms with Crippen LogP contribution in [0, 0.1) is 32.4 Å². The van der Waals surface area contributed by atoms with Crippen molar-refractivity contribution in [2.24, 2.45) is 0 Å². The first-order valence-corrected chi connectivity index (χ1v) is 14.2. The summed E-state index contributed by atoms with van der Waals surface area (Å²) in [5, 5.41) is 3.36. The van der Waals surface area contributed by atoms with E-state index in [1.165, 1.54) is 12.1 Å². The number of aryl methyl sites for hydroxylation is 3. The fraction of sp³-hybridized carbons (Fsp3) is 0.270. The standard InChI is InChI=1S/C29H28F2N2O.2C3H6.C2H6/c1-18-5-9-22(10-6-18)29(25-14-23(30)11-12-26(25)31)24-15-28(32-16-20(24)3)33-17-21-8-7-19(2)27(13-21)34-4;2*1-3-2;1-2/h5-16,29H,17H2,1-4H3,(H,32,33);2*3H,1H2,2H3;1-2H3. The molecule has 0 fully saturated rings. The van der Waals surface area contributed by atoms with E-state index in [2.05, 4.69) is 23.5 Å². The highest BCUT2D eigenvalue weighted by Gasteiger charge is 2.23. The van der Waals surface area contributed by atoms with Gasteiger partial charge in [0, 0.05) is 24.2 Å². The number of halogens is 2. The van der Waals surface area contributed by atoms with E-state index in [0.717, 1.165) is 45.2 Å². The molecule has 1 aromatic heterocycles. The fourth-order valence-electron chi connectivity index (χ4n) is 4.14. The quantitative estimate of drug-likeness (QED) is 0.224. The zero-order chi connectivity index (χ0) is 31.7. The van der Waals surface area contributed by atoms with Gasteiger partial charge in [0.05, 0.1) is 7.11 Å². The Hall–Kier alpha value is -4.25. The van der Waals surface area contributed by atoms with Gasteiger partial charge in [0.2, 0.25) is 0 Å². The van der Waals surface area contributed by atoms with Crippen LogP contribution in [0.5, 0.6) is 5.75 Å². The Balaban J connectivity index is 0.000000998. The van der Waals surface area contributed by atoms with Crippen LogP contribution in [-0.4, -0.2) is 12.1 Å². The number of anilines is 1. The molecule has 5 heteroatoms. The predicted octanol–water partition coefficient (Wildman–Crippen LogP) is 10.5. The number of nitrogens with one attached hydrogen (secondary N) is 1. The number of hydrogen-bond donors (Lipinski definition) is 1. The Kier molecular flexibility index (Phi) is 16.2. The van der Waals surface area contributed by atoms with Crippen molar-refractivity contribution >= 4 is 5.82 Å². The van der Waals surface area contributed by atoms with Crippen molar-refractivity contribution in [3.05, 3.63) is 149 Å². The lowest BCUT2D eigenvalue weighted by molar-refractivity contribution is 0.411. The number of nitrogens with zero attached hydrogens (tertiary/aromatic N) is 1. The van der Waals surface area contributed by atoms with Crippen molar-refractivity contribution in [2.75, 3.05) is 12.4 Å². The summed E-state index contributed by atoms with van der Waals surface area (Å²) < 4.78 is 34.6. The molecule has 0 aliphatic carbocycles. The summed E-state index contributed by atoms with van der Waals surface area (Å²) in [6.07, 6.45) is 5.27. The molecule has 0 spiro atoms. The number of ether oxygens (including phenoxy) is 1. The summed E-state index contributed by atoms with van der Waals surface area (Å²) in [5.41, 5.74) is 6.18. The molecule has 42 heavy (non-hydrogen) atoms. The van der Waals surface area contributed by atoms with Gasteiger partial charge in [-0.1, -0.05) is 68.0 Å². The molecule has 1 unspecified atom stereocenters. The second-order valence-electron chi connectivity index (χ2n) is 9.41. The van der Waals surface area contributed by atoms with Gasteiger partial charge in [-0.15, -0.1) is 13.2 Å². The second kappa shape index (κ2) is 19.0. The molecule has 3 nitrogen and oxygen atoms in total. The van der Waals surface area contributed by atoms with E-state index < -0.39 is 17.6 Å². The van der Waals surface area contributed by atoms with E-state index in [1.54, 1.807) is 25.5 Å². The third-order valence-electron chi connectivity index (χ3n) is 6.08. The highest BCUT2D eigenvalue weighted by atomic mass is 19.1. The van der Waals surface area contributed by atoms with E-state index in [-0.39, 0.29) is 0 Å². The van der Waals surface area contributed by atoms with Crippen LogP contribution >= 0.6 is 0 Å². The second-order valence-corrected chi connectivity index (χ2v) is 9.41. The third-order valence-corrected chi connectivity index (χ3v) is 6.08. The first kappa shape index (κ1) is 35.8. The van der Waals surface area contributed by atoms with Gasteiger partial charge in [-0.3, -0.25) is 0 Å². The van der Waals surface area contributed by atoms with Gasteiger partial charge in [-0.05, 0) is 92.8 Å². The molecule has 0 aliphatic rings. The fourth-order valence-corrected chi connectivity index (χ4v) is 4.14. The van der Waals surface area contributed by atoms with Gasteiger partial charge >= 0.3 is 0 Å². The minimum absolute atomic E-state index is 0.298. The molecule has 0 radical (unpaired) electrons. The average molecular weight is 573 g/mol. The molecule has 4 rings (SSSR count). The monoisotopic (exact) mass is 572 g/mol. The van der Waals surface area contributed by atoms with Crippen molar-refractivity contribution < 1.29 is 13.5 Å². The molecule has 4 aromatic rings. The Morgan fingerprint density at radius 3 is 2.05 bits per heavy atom. The molecule has 0 saturated heterocycles. The molecular weight excluding hydrogens is 526 g/mol. The maximum absolute atomic E-state index is 15.0. The highest BCUT2D eigenvalue weighted by Crippen LogP contribution is 2.36. The third kappa shape index (κ3) is 10.6. The molecule has 0 bridgehead atoms. The zero-order valence-corrected chi connectivity index (χ0v) is 26.4. The summed E-state index contributed by atoms with van der Waals surface area (Å²) in [4.78, 5) is 4.53. The summed E-state index contributed by atoms with van der Waals surface area (Å²) >= 11 is 0. The Morgan fingerprint density at radius 2 is 1.45 bits per heavy atom. The van der Waals surface area contributed by atoms with Crippen LogP contribution in [0.15, 0.2) is 98.2 Å². The molecule has 1 N–H and O–H groups in total. The van der Waals surface area contributed by atoms with Gasteiger partial charge in [-0.2, -0.15) is 0 Å². The van der Waals surface area contributed by atoms with Crippen molar-refractivity contribution in [2.45, 2.75) is 60.9 Å². The lowest BCUT2D eigenvalue weighted by Crippen LogP contribution is -2.10. The van der Waals surface area contributed by atoms with Crippen LogP contribution in [0.4, 0.5) is 14.6 Å². The SMILES string of the molecule is C=CC.C=CC.CC.COc1cc(CNc2cc(C(c3ccc(C)cc3)c3cc(F)ccc3F)c(C)cn2)ccc1C. The number of allylic oxidation sites excluding steroid dienone is 2. The summed E-state index contributed by atoms with van der Waals surface area (Å²) in [6, 6.07) is 19.5. The number of pyridine rings is 1. The van der Waals surface area contributed by atoms with Gasteiger partial charge in [-0.25, -0.2) is 13.8 Å². The molecule has 1 heterocycles. The molecule has 0 aliphatic heterocycles. The van der Waals surface area contributed by atoms with Crippen molar-refractivity contribution in [3.63, 3.8) is 0 Å². The normalized spacial score (nSPS) is 10.3. The minimum Gasteiger partial charge on any atom is -0.496 e. The molecule has 224 valence electrons. The van der Waals surface area contributed by atoms with Crippen LogP contribution in [0.3, 0.4) is 0 Å². The number of rotatable bonds is 7. The number of benzene rings is 3. The highest BCUT2D eigenvalue weighted by molar-refractivity contribution is 5.51. The van der Waals surface area contributed by atoms with Crippen LogP contribution in [0.25, 0.3) is 0 Å². The Bertz CT molecular complexity index is 1390. The van der Waals surface area contributed by atoms with Crippen LogP contribution < -0.4 is 10.1 Å². The maximum Gasteiger partial charge on any atom is 0.127 e. The molecule has 0 amide bonds. The lowest BCUT2D eigenvalue weighted by atomic mass is 9.83.